The van der Waals surface area contributed by atoms with Gasteiger partial charge in [0.15, 0.2) is 0 Å². The van der Waals surface area contributed by atoms with Crippen molar-refractivity contribution in [2.75, 3.05) is 11.1 Å². The van der Waals surface area contributed by atoms with Gasteiger partial charge in [-0.1, -0.05) is 6.92 Å². The molecule has 2 rings (SSSR count). The molecule has 94 valence electrons. The van der Waals surface area contributed by atoms with Crippen molar-refractivity contribution >= 4 is 24.2 Å². The van der Waals surface area contributed by atoms with E-state index in [0.29, 0.717) is 6.42 Å². The fraction of sp³-hybridized carbons (Fsp3) is 0.667. The zero-order valence-corrected chi connectivity index (χ0v) is 11.3. The molecule has 1 aliphatic carbocycles. The molecule has 4 nitrogen and oxygen atoms in total. The average Bonchev–Trinajstić information content (AvgIpc) is 2.96. The molecule has 0 aliphatic heterocycles. The van der Waals surface area contributed by atoms with Gasteiger partial charge in [-0.25, -0.2) is 0 Å². The molecule has 0 spiro atoms. The molecule has 1 aromatic rings. The van der Waals surface area contributed by atoms with Crippen LogP contribution in [0.5, 0.6) is 0 Å². The summed E-state index contributed by atoms with van der Waals surface area (Å²) in [6.07, 6.45) is 5.51. The molecule has 17 heavy (non-hydrogen) atoms. The molecule has 1 aliphatic rings. The number of nitrogens with zero attached hydrogens (tertiary/aromatic N) is 2. The Bertz CT molecular complexity index is 423. The first-order chi connectivity index (χ1) is 8.08. The zero-order chi connectivity index (χ0) is 12.5. The number of amides is 1. The van der Waals surface area contributed by atoms with Gasteiger partial charge in [0.2, 0.25) is 5.91 Å². The number of hydrogen-bond acceptors (Lipinski definition) is 3. The van der Waals surface area contributed by atoms with Crippen molar-refractivity contribution in [3.8, 4) is 0 Å². The molecule has 1 aromatic heterocycles. The Morgan fingerprint density at radius 1 is 1.65 bits per heavy atom. The molecule has 0 unspecified atom stereocenters. The lowest BCUT2D eigenvalue weighted by Gasteiger charge is -2.11. The lowest BCUT2D eigenvalue weighted by Crippen LogP contribution is -2.18. The molecule has 1 heterocycles. The summed E-state index contributed by atoms with van der Waals surface area (Å²) in [5.41, 5.74) is 1.95. The highest BCUT2D eigenvalue weighted by Crippen LogP contribution is 2.49. The normalized spacial score (nSPS) is 16.9. The average molecular weight is 253 g/mol. The Balaban J connectivity index is 1.98. The summed E-state index contributed by atoms with van der Waals surface area (Å²) in [6.45, 7) is 2.04. The van der Waals surface area contributed by atoms with Gasteiger partial charge in [-0.2, -0.15) is 17.7 Å². The Hall–Kier alpha value is -0.970. The van der Waals surface area contributed by atoms with Crippen LogP contribution in [-0.2, 0) is 18.3 Å². The molecule has 0 bridgehead atoms. The van der Waals surface area contributed by atoms with Crippen molar-refractivity contribution in [2.24, 2.45) is 12.5 Å². The lowest BCUT2D eigenvalue weighted by atomic mass is 10.1. The van der Waals surface area contributed by atoms with E-state index in [1.54, 1.807) is 4.68 Å². The highest BCUT2D eigenvalue weighted by atomic mass is 32.1. The van der Waals surface area contributed by atoms with E-state index in [1.807, 2.05) is 20.2 Å². The van der Waals surface area contributed by atoms with Crippen LogP contribution in [0.1, 0.15) is 31.9 Å². The third-order valence-electron chi connectivity index (χ3n) is 3.34. The summed E-state index contributed by atoms with van der Waals surface area (Å²) >= 11 is 4.31. The molecule has 5 heteroatoms. The number of anilines is 1. The van der Waals surface area contributed by atoms with Crippen LogP contribution in [0.15, 0.2) is 6.20 Å². The quantitative estimate of drug-likeness (QED) is 0.789. The van der Waals surface area contributed by atoms with E-state index in [2.05, 4.69) is 23.0 Å². The summed E-state index contributed by atoms with van der Waals surface area (Å²) in [4.78, 5) is 11.9. The van der Waals surface area contributed by atoms with E-state index >= 15 is 0 Å². The van der Waals surface area contributed by atoms with Gasteiger partial charge in [0, 0.05) is 19.7 Å². The van der Waals surface area contributed by atoms with Gasteiger partial charge >= 0.3 is 0 Å². The minimum Gasteiger partial charge on any atom is -0.323 e. The standard InChI is InChI=1S/C12H19N3OS/c1-3-9-10(7-15(2)14-9)13-11(16)6-12(8-17)4-5-12/h7,17H,3-6,8H2,1-2H3,(H,13,16). The van der Waals surface area contributed by atoms with Crippen molar-refractivity contribution in [1.29, 1.82) is 0 Å². The monoisotopic (exact) mass is 253 g/mol. The largest absolute Gasteiger partial charge is 0.323 e. The number of rotatable bonds is 5. The van der Waals surface area contributed by atoms with Crippen LogP contribution < -0.4 is 5.32 Å². The molecule has 1 fully saturated rings. The lowest BCUT2D eigenvalue weighted by molar-refractivity contribution is -0.117. The van der Waals surface area contributed by atoms with Crippen molar-refractivity contribution in [1.82, 2.24) is 9.78 Å². The van der Waals surface area contributed by atoms with Crippen LogP contribution in [0, 0.1) is 5.41 Å². The molecule has 1 N–H and O–H groups in total. The number of aryl methyl sites for hydroxylation is 2. The first-order valence-electron chi connectivity index (χ1n) is 6.02. The van der Waals surface area contributed by atoms with E-state index in [1.165, 1.54) is 0 Å². The van der Waals surface area contributed by atoms with Gasteiger partial charge in [0.25, 0.3) is 0 Å². The van der Waals surface area contributed by atoms with Gasteiger partial charge in [-0.05, 0) is 30.4 Å². The predicted molar refractivity (Wildman–Crippen MR) is 71.4 cm³/mol. The molecule has 0 saturated heterocycles. The number of thiol groups is 1. The Labute approximate surface area is 107 Å². The van der Waals surface area contributed by atoms with Gasteiger partial charge in [0.1, 0.15) is 0 Å². The topological polar surface area (TPSA) is 46.9 Å². The fourth-order valence-corrected chi connectivity index (χ4v) is 2.43. The second kappa shape index (κ2) is 4.72. The number of hydrogen-bond donors (Lipinski definition) is 2. The smallest absolute Gasteiger partial charge is 0.225 e. The van der Waals surface area contributed by atoms with Gasteiger partial charge in [0.05, 0.1) is 11.4 Å². The summed E-state index contributed by atoms with van der Waals surface area (Å²) in [6, 6.07) is 0. The van der Waals surface area contributed by atoms with Gasteiger partial charge in [-0.3, -0.25) is 9.48 Å². The van der Waals surface area contributed by atoms with E-state index in [4.69, 9.17) is 0 Å². The minimum absolute atomic E-state index is 0.0826. The number of nitrogens with one attached hydrogen (secondary N) is 1. The Kier molecular flexibility index (Phi) is 3.47. The number of carbonyl (C=O) groups is 1. The molecule has 0 aromatic carbocycles. The second-order valence-electron chi connectivity index (χ2n) is 4.90. The summed E-state index contributed by atoms with van der Waals surface area (Å²) in [5, 5.41) is 7.26. The summed E-state index contributed by atoms with van der Waals surface area (Å²) in [7, 11) is 1.87. The SMILES string of the molecule is CCc1nn(C)cc1NC(=O)CC1(CS)CC1. The summed E-state index contributed by atoms with van der Waals surface area (Å²) < 4.78 is 1.74. The van der Waals surface area contributed by atoms with Crippen LogP contribution in [-0.4, -0.2) is 21.4 Å². The molecule has 1 amide bonds. The third kappa shape index (κ3) is 2.83. The third-order valence-corrected chi connectivity index (χ3v) is 4.01. The van der Waals surface area contributed by atoms with Crippen molar-refractivity contribution < 1.29 is 4.79 Å². The van der Waals surface area contributed by atoms with Crippen LogP contribution >= 0.6 is 12.6 Å². The first-order valence-corrected chi connectivity index (χ1v) is 6.65. The maximum atomic E-state index is 11.9. The summed E-state index contributed by atoms with van der Waals surface area (Å²) in [5.74, 6) is 0.882. The maximum Gasteiger partial charge on any atom is 0.225 e. The van der Waals surface area contributed by atoms with Crippen molar-refractivity contribution in [2.45, 2.75) is 32.6 Å². The van der Waals surface area contributed by atoms with Crippen LogP contribution in [0.3, 0.4) is 0 Å². The minimum atomic E-state index is 0.0826. The van der Waals surface area contributed by atoms with Crippen LogP contribution in [0.25, 0.3) is 0 Å². The molecular formula is C12H19N3OS. The van der Waals surface area contributed by atoms with E-state index in [0.717, 1.165) is 36.4 Å². The molecule has 0 radical (unpaired) electrons. The van der Waals surface area contributed by atoms with Crippen molar-refractivity contribution in [3.05, 3.63) is 11.9 Å². The molecular weight excluding hydrogens is 234 g/mol. The van der Waals surface area contributed by atoms with Gasteiger partial charge < -0.3 is 5.32 Å². The van der Waals surface area contributed by atoms with Gasteiger partial charge in [-0.15, -0.1) is 0 Å². The van der Waals surface area contributed by atoms with E-state index in [-0.39, 0.29) is 11.3 Å². The first kappa shape index (κ1) is 12.5. The van der Waals surface area contributed by atoms with Crippen LogP contribution in [0.2, 0.25) is 0 Å². The van der Waals surface area contributed by atoms with E-state index in [9.17, 15) is 4.79 Å². The highest BCUT2D eigenvalue weighted by molar-refractivity contribution is 7.80. The highest BCUT2D eigenvalue weighted by Gasteiger charge is 2.42. The Morgan fingerprint density at radius 3 is 2.88 bits per heavy atom. The molecule has 1 saturated carbocycles. The maximum absolute atomic E-state index is 11.9. The van der Waals surface area contributed by atoms with Crippen LogP contribution in [0.4, 0.5) is 5.69 Å². The number of carbonyl (C=O) groups excluding carboxylic acids is 1. The Morgan fingerprint density at radius 2 is 2.35 bits per heavy atom. The zero-order valence-electron chi connectivity index (χ0n) is 10.4. The fourth-order valence-electron chi connectivity index (χ4n) is 2.00. The number of aromatic nitrogens is 2. The van der Waals surface area contributed by atoms with E-state index < -0.39 is 0 Å². The predicted octanol–water partition coefficient (Wildman–Crippen LogP) is 2.02. The second-order valence-corrected chi connectivity index (χ2v) is 5.22. The van der Waals surface area contributed by atoms with Crippen molar-refractivity contribution in [3.63, 3.8) is 0 Å². The molecule has 0 atom stereocenters.